The van der Waals surface area contributed by atoms with E-state index >= 15 is 0 Å². The van der Waals surface area contributed by atoms with E-state index in [9.17, 15) is 4.79 Å². The molecule has 2 aromatic heterocycles. The maximum absolute atomic E-state index is 11.9. The van der Waals surface area contributed by atoms with E-state index in [2.05, 4.69) is 15.1 Å². The van der Waals surface area contributed by atoms with Gasteiger partial charge in [0, 0.05) is 19.4 Å². The average molecular weight is 253 g/mol. The van der Waals surface area contributed by atoms with E-state index in [4.69, 9.17) is 11.6 Å². The number of aromatic nitrogens is 4. The Hall–Kier alpha value is -1.62. The molecule has 0 amide bonds. The minimum atomic E-state index is -0.0949. The van der Waals surface area contributed by atoms with Crippen molar-refractivity contribution in [3.8, 4) is 0 Å². The highest BCUT2D eigenvalue weighted by Crippen LogP contribution is 2.21. The van der Waals surface area contributed by atoms with E-state index in [1.807, 2.05) is 6.92 Å². The fraction of sp³-hybridized carbons (Fsp3) is 0.364. The zero-order valence-corrected chi connectivity index (χ0v) is 10.5. The van der Waals surface area contributed by atoms with Gasteiger partial charge in [-0.05, 0) is 6.42 Å². The van der Waals surface area contributed by atoms with E-state index in [0.717, 1.165) is 17.8 Å². The predicted molar refractivity (Wildman–Crippen MR) is 64.2 cm³/mol. The van der Waals surface area contributed by atoms with Crippen LogP contribution >= 0.6 is 11.6 Å². The van der Waals surface area contributed by atoms with Crippen molar-refractivity contribution in [2.24, 2.45) is 7.05 Å². The highest BCUT2D eigenvalue weighted by Gasteiger charge is 2.18. The summed E-state index contributed by atoms with van der Waals surface area (Å²) in [5, 5.41) is 4.84. The molecule has 5 nitrogen and oxygen atoms in total. The minimum absolute atomic E-state index is 0.0949. The number of nitrogens with one attached hydrogen (secondary N) is 1. The standard InChI is InChI=1S/C11H13ClN4O/c1-3-7-10(12)8(16(2)15-7)6-9(17)11-13-4-5-14-11/h4-5H,3,6H2,1-2H3,(H,13,14). The molecule has 17 heavy (non-hydrogen) atoms. The molecule has 0 saturated heterocycles. The lowest BCUT2D eigenvalue weighted by molar-refractivity contribution is 0.0982. The molecule has 6 heteroatoms. The molecule has 0 unspecified atom stereocenters. The average Bonchev–Trinajstić information content (AvgIpc) is 2.92. The topological polar surface area (TPSA) is 63.6 Å². The van der Waals surface area contributed by atoms with Gasteiger partial charge in [-0.3, -0.25) is 9.48 Å². The van der Waals surface area contributed by atoms with Gasteiger partial charge >= 0.3 is 0 Å². The lowest BCUT2D eigenvalue weighted by Gasteiger charge is -2.00. The molecule has 1 N–H and O–H groups in total. The zero-order valence-electron chi connectivity index (χ0n) is 9.70. The maximum Gasteiger partial charge on any atom is 0.204 e. The Morgan fingerprint density at radius 3 is 2.88 bits per heavy atom. The third-order valence-electron chi connectivity index (χ3n) is 2.59. The first-order chi connectivity index (χ1) is 8.13. The van der Waals surface area contributed by atoms with Crippen LogP contribution in [0.3, 0.4) is 0 Å². The molecule has 2 rings (SSSR count). The number of rotatable bonds is 4. The number of imidazole rings is 1. The quantitative estimate of drug-likeness (QED) is 0.844. The Balaban J connectivity index is 2.25. The van der Waals surface area contributed by atoms with Gasteiger partial charge in [0.25, 0.3) is 0 Å². The van der Waals surface area contributed by atoms with Gasteiger partial charge in [0.1, 0.15) is 0 Å². The van der Waals surface area contributed by atoms with Crippen molar-refractivity contribution in [3.05, 3.63) is 34.6 Å². The summed E-state index contributed by atoms with van der Waals surface area (Å²) < 4.78 is 1.65. The molecule has 90 valence electrons. The summed E-state index contributed by atoms with van der Waals surface area (Å²) in [5.74, 6) is 0.253. The summed E-state index contributed by atoms with van der Waals surface area (Å²) in [6.45, 7) is 1.98. The van der Waals surface area contributed by atoms with Crippen LogP contribution in [0.2, 0.25) is 5.02 Å². The molecule has 0 aromatic carbocycles. The molecule has 0 aliphatic rings. The van der Waals surface area contributed by atoms with Gasteiger partial charge in [-0.15, -0.1) is 0 Å². The van der Waals surface area contributed by atoms with Crippen LogP contribution in [-0.4, -0.2) is 25.5 Å². The molecule has 0 aliphatic heterocycles. The van der Waals surface area contributed by atoms with Crippen molar-refractivity contribution in [1.29, 1.82) is 0 Å². The van der Waals surface area contributed by atoms with Crippen LogP contribution in [0.1, 0.15) is 28.9 Å². The van der Waals surface area contributed by atoms with Crippen molar-refractivity contribution in [3.63, 3.8) is 0 Å². The Bertz CT molecular complexity index is 530. The number of Topliss-reactive ketones (excluding diaryl/α,β-unsaturated/α-hetero) is 1. The van der Waals surface area contributed by atoms with Gasteiger partial charge < -0.3 is 4.98 Å². The summed E-state index contributed by atoms with van der Waals surface area (Å²) in [4.78, 5) is 18.6. The maximum atomic E-state index is 11.9. The molecule has 0 spiro atoms. The van der Waals surface area contributed by atoms with Crippen LogP contribution in [0.15, 0.2) is 12.4 Å². The number of nitrogens with zero attached hydrogens (tertiary/aromatic N) is 3. The minimum Gasteiger partial charge on any atom is -0.342 e. The Labute approximate surface area is 104 Å². The molecule has 0 atom stereocenters. The third kappa shape index (κ3) is 2.24. The summed E-state index contributed by atoms with van der Waals surface area (Å²) in [6.07, 6.45) is 4.13. The number of carbonyl (C=O) groups excluding carboxylic acids is 1. The molecule has 0 bridgehead atoms. The predicted octanol–water partition coefficient (Wildman–Crippen LogP) is 1.78. The molecule has 2 heterocycles. The summed E-state index contributed by atoms with van der Waals surface area (Å²) in [5.41, 5.74) is 1.54. The second kappa shape index (κ2) is 4.71. The number of aryl methyl sites for hydroxylation is 2. The Morgan fingerprint density at radius 1 is 1.59 bits per heavy atom. The van der Waals surface area contributed by atoms with Crippen LogP contribution < -0.4 is 0 Å². The number of hydrogen-bond donors (Lipinski definition) is 1. The zero-order chi connectivity index (χ0) is 12.4. The van der Waals surface area contributed by atoms with Gasteiger partial charge in [-0.1, -0.05) is 18.5 Å². The smallest absolute Gasteiger partial charge is 0.204 e. The first-order valence-electron chi connectivity index (χ1n) is 5.36. The van der Waals surface area contributed by atoms with Crippen LogP contribution in [-0.2, 0) is 19.9 Å². The number of halogens is 1. The highest BCUT2D eigenvalue weighted by atomic mass is 35.5. The summed E-state index contributed by atoms with van der Waals surface area (Å²) >= 11 is 6.17. The fourth-order valence-corrected chi connectivity index (χ4v) is 2.03. The van der Waals surface area contributed by atoms with Crippen molar-refractivity contribution in [2.45, 2.75) is 19.8 Å². The van der Waals surface area contributed by atoms with Crippen LogP contribution in [0.4, 0.5) is 0 Å². The van der Waals surface area contributed by atoms with E-state index in [1.165, 1.54) is 0 Å². The molecule has 0 aliphatic carbocycles. The number of ketones is 1. The lowest BCUT2D eigenvalue weighted by Crippen LogP contribution is -2.09. The second-order valence-electron chi connectivity index (χ2n) is 3.72. The van der Waals surface area contributed by atoms with Crippen molar-refractivity contribution in [1.82, 2.24) is 19.7 Å². The molecular weight excluding hydrogens is 240 g/mol. The summed E-state index contributed by atoms with van der Waals surface area (Å²) in [7, 11) is 1.79. The first kappa shape index (κ1) is 11.9. The van der Waals surface area contributed by atoms with Gasteiger partial charge in [0.15, 0.2) is 5.82 Å². The Kier molecular flexibility index (Phi) is 3.28. The number of H-pyrrole nitrogens is 1. The van der Waals surface area contributed by atoms with E-state index < -0.39 is 0 Å². The first-order valence-corrected chi connectivity index (χ1v) is 5.74. The largest absolute Gasteiger partial charge is 0.342 e. The van der Waals surface area contributed by atoms with Crippen molar-refractivity contribution >= 4 is 17.4 Å². The van der Waals surface area contributed by atoms with Gasteiger partial charge in [-0.2, -0.15) is 5.10 Å². The molecule has 0 fully saturated rings. The molecule has 0 saturated carbocycles. The monoisotopic (exact) mass is 252 g/mol. The molecule has 0 radical (unpaired) electrons. The molecular formula is C11H13ClN4O. The van der Waals surface area contributed by atoms with E-state index in [-0.39, 0.29) is 12.2 Å². The van der Waals surface area contributed by atoms with E-state index in [1.54, 1.807) is 24.1 Å². The second-order valence-corrected chi connectivity index (χ2v) is 4.10. The number of carbonyl (C=O) groups is 1. The van der Waals surface area contributed by atoms with Crippen LogP contribution in [0.25, 0.3) is 0 Å². The van der Waals surface area contributed by atoms with Gasteiger partial charge in [0.2, 0.25) is 5.78 Å². The normalized spacial score (nSPS) is 10.8. The number of hydrogen-bond acceptors (Lipinski definition) is 3. The lowest BCUT2D eigenvalue weighted by atomic mass is 10.2. The molecule has 2 aromatic rings. The fourth-order valence-electron chi connectivity index (χ4n) is 1.67. The van der Waals surface area contributed by atoms with Gasteiger partial charge in [0.05, 0.1) is 22.8 Å². The Morgan fingerprint density at radius 2 is 2.35 bits per heavy atom. The van der Waals surface area contributed by atoms with Crippen molar-refractivity contribution < 1.29 is 4.79 Å². The highest BCUT2D eigenvalue weighted by molar-refractivity contribution is 6.32. The summed E-state index contributed by atoms with van der Waals surface area (Å²) in [6, 6.07) is 0. The van der Waals surface area contributed by atoms with Crippen molar-refractivity contribution in [2.75, 3.05) is 0 Å². The third-order valence-corrected chi connectivity index (χ3v) is 3.03. The van der Waals surface area contributed by atoms with E-state index in [0.29, 0.717) is 10.8 Å². The SMILES string of the molecule is CCc1nn(C)c(CC(=O)c2ncc[nH]2)c1Cl. The number of aromatic amines is 1. The van der Waals surface area contributed by atoms with Crippen LogP contribution in [0, 0.1) is 0 Å². The van der Waals surface area contributed by atoms with Gasteiger partial charge in [-0.25, -0.2) is 4.98 Å². The van der Waals surface area contributed by atoms with Crippen LogP contribution in [0.5, 0.6) is 0 Å².